The molecule has 2 heterocycles. The number of hydrogen-bond acceptors (Lipinski definition) is 8. The first kappa shape index (κ1) is 21.8. The Morgan fingerprint density at radius 2 is 1.94 bits per heavy atom. The van der Waals surface area contributed by atoms with Gasteiger partial charge in [0.05, 0.1) is 23.1 Å². The Morgan fingerprint density at radius 1 is 1.21 bits per heavy atom. The lowest BCUT2D eigenvalue weighted by molar-refractivity contribution is -0.384. The molecule has 0 bridgehead atoms. The Kier molecular flexibility index (Phi) is 5.65. The van der Waals surface area contributed by atoms with Crippen LogP contribution in [0, 0.1) is 17.0 Å². The molecule has 4 rings (SSSR count). The zero-order valence-electron chi connectivity index (χ0n) is 17.7. The van der Waals surface area contributed by atoms with Crippen LogP contribution in [0.25, 0.3) is 5.76 Å². The number of benzene rings is 2. The predicted molar refractivity (Wildman–Crippen MR) is 117 cm³/mol. The number of aliphatic hydroxyl groups is 1. The molecule has 0 aliphatic carbocycles. The van der Waals surface area contributed by atoms with Crippen LogP contribution in [-0.2, 0) is 9.59 Å². The van der Waals surface area contributed by atoms with Crippen LogP contribution >= 0.6 is 0 Å². The second-order valence-corrected chi connectivity index (χ2v) is 7.27. The molecular formula is C23H19N3O7. The number of carbonyl (C=O) groups excluding carboxylic acids is 2. The number of Topliss-reactive ketones (excluding diaryl/α,β-unsaturated/α-hetero) is 1. The Hall–Kier alpha value is -4.47. The maximum Gasteiger partial charge on any atom is 0.301 e. The number of aryl methyl sites for hydroxylation is 1. The quantitative estimate of drug-likeness (QED) is 0.197. The van der Waals surface area contributed by atoms with Gasteiger partial charge in [-0.2, -0.15) is 0 Å². The number of ether oxygens (including phenoxy) is 1. The van der Waals surface area contributed by atoms with Crippen LogP contribution in [0.3, 0.4) is 0 Å². The van der Waals surface area contributed by atoms with E-state index in [-0.39, 0.29) is 28.2 Å². The number of rotatable bonds is 6. The fraction of sp³-hybridized carbons (Fsp3) is 0.174. The third-order valence-electron chi connectivity index (χ3n) is 5.14. The number of nitro groups is 1. The molecule has 2 aromatic carbocycles. The summed E-state index contributed by atoms with van der Waals surface area (Å²) in [6.45, 7) is 3.91. The van der Waals surface area contributed by atoms with E-state index in [9.17, 15) is 24.8 Å². The van der Waals surface area contributed by atoms with Gasteiger partial charge in [0.1, 0.15) is 17.3 Å². The number of non-ortho nitro benzene ring substituents is 1. The lowest BCUT2D eigenvalue weighted by Gasteiger charge is -2.22. The third-order valence-corrected chi connectivity index (χ3v) is 5.14. The first-order valence-corrected chi connectivity index (χ1v) is 10.0. The summed E-state index contributed by atoms with van der Waals surface area (Å²) >= 11 is 0. The molecule has 1 N–H and O–H groups in total. The highest BCUT2D eigenvalue weighted by atomic mass is 16.6. The van der Waals surface area contributed by atoms with Gasteiger partial charge in [0.25, 0.3) is 11.5 Å². The van der Waals surface area contributed by atoms with Gasteiger partial charge in [0, 0.05) is 23.8 Å². The molecule has 1 saturated heterocycles. The van der Waals surface area contributed by atoms with E-state index in [0.29, 0.717) is 18.1 Å². The average molecular weight is 449 g/mol. The maximum absolute atomic E-state index is 13.1. The van der Waals surface area contributed by atoms with Gasteiger partial charge >= 0.3 is 5.91 Å². The highest BCUT2D eigenvalue weighted by Gasteiger charge is 2.48. The number of carbonyl (C=O) groups is 2. The van der Waals surface area contributed by atoms with Gasteiger partial charge in [-0.1, -0.05) is 17.3 Å². The van der Waals surface area contributed by atoms with Crippen molar-refractivity contribution in [1.29, 1.82) is 0 Å². The Bertz CT molecular complexity index is 1280. The number of nitro benzene ring substituents is 1. The molecule has 1 aromatic heterocycles. The second kappa shape index (κ2) is 8.58. The molecule has 10 heteroatoms. The van der Waals surface area contributed by atoms with Gasteiger partial charge in [0.15, 0.2) is 5.82 Å². The molecule has 0 unspecified atom stereocenters. The monoisotopic (exact) mass is 449 g/mol. The van der Waals surface area contributed by atoms with Gasteiger partial charge in [-0.05, 0) is 43.7 Å². The summed E-state index contributed by atoms with van der Waals surface area (Å²) in [5.74, 6) is -1.28. The first-order valence-electron chi connectivity index (χ1n) is 10.0. The van der Waals surface area contributed by atoms with Crippen molar-refractivity contribution in [3.8, 4) is 5.75 Å². The maximum atomic E-state index is 13.1. The summed E-state index contributed by atoms with van der Waals surface area (Å²) in [7, 11) is 0. The van der Waals surface area contributed by atoms with Crippen LogP contribution in [0.4, 0.5) is 11.5 Å². The van der Waals surface area contributed by atoms with Crippen LogP contribution in [-0.4, -0.2) is 33.5 Å². The van der Waals surface area contributed by atoms with E-state index in [0.717, 1.165) is 4.90 Å². The molecule has 1 aliphatic heterocycles. The first-order chi connectivity index (χ1) is 15.8. The van der Waals surface area contributed by atoms with Crippen molar-refractivity contribution in [2.24, 2.45) is 0 Å². The number of anilines is 1. The zero-order chi connectivity index (χ0) is 23.7. The average Bonchev–Trinajstić information content (AvgIpc) is 3.34. The van der Waals surface area contributed by atoms with Gasteiger partial charge in [0.2, 0.25) is 0 Å². The van der Waals surface area contributed by atoms with E-state index in [1.165, 1.54) is 30.3 Å². The molecule has 1 atom stereocenters. The summed E-state index contributed by atoms with van der Waals surface area (Å²) < 4.78 is 10.5. The van der Waals surface area contributed by atoms with Crippen LogP contribution in [0.2, 0.25) is 0 Å². The van der Waals surface area contributed by atoms with Gasteiger partial charge in [-0.25, -0.2) is 0 Å². The number of hydrogen-bond donors (Lipinski definition) is 1. The molecule has 10 nitrogen and oxygen atoms in total. The Morgan fingerprint density at radius 3 is 2.55 bits per heavy atom. The fourth-order valence-corrected chi connectivity index (χ4v) is 3.69. The van der Waals surface area contributed by atoms with E-state index >= 15 is 0 Å². The molecule has 0 spiro atoms. The van der Waals surface area contributed by atoms with Gasteiger partial charge < -0.3 is 14.4 Å². The van der Waals surface area contributed by atoms with E-state index in [2.05, 4.69) is 5.16 Å². The van der Waals surface area contributed by atoms with E-state index < -0.39 is 28.4 Å². The fourth-order valence-electron chi connectivity index (χ4n) is 3.69. The molecular weight excluding hydrogens is 430 g/mol. The predicted octanol–water partition coefficient (Wildman–Crippen LogP) is 3.92. The van der Waals surface area contributed by atoms with Gasteiger partial charge in [-0.15, -0.1) is 0 Å². The summed E-state index contributed by atoms with van der Waals surface area (Å²) in [5, 5.41) is 26.2. The summed E-state index contributed by atoms with van der Waals surface area (Å²) in [4.78, 5) is 37.9. The SMILES string of the molecule is CCOc1ccc(C(O)=C2C(=O)C(=O)N(c3cc(C)on3)[C@H]2c2cccc([N+](=O)[O-])c2)cc1. The number of aromatic nitrogens is 1. The molecule has 0 saturated carbocycles. The van der Waals surface area contributed by atoms with E-state index in [1.54, 1.807) is 31.2 Å². The molecule has 0 radical (unpaired) electrons. The second-order valence-electron chi connectivity index (χ2n) is 7.27. The highest BCUT2D eigenvalue weighted by Crippen LogP contribution is 2.42. The molecule has 3 aromatic rings. The molecule has 1 amide bonds. The molecule has 1 aliphatic rings. The number of nitrogens with zero attached hydrogens (tertiary/aromatic N) is 3. The Balaban J connectivity index is 1.91. The molecule has 168 valence electrons. The summed E-state index contributed by atoms with van der Waals surface area (Å²) in [5.41, 5.74) is 0.0977. The van der Waals surface area contributed by atoms with Crippen LogP contribution in [0.15, 0.2) is 64.7 Å². The minimum Gasteiger partial charge on any atom is -0.507 e. The Labute approximate surface area is 187 Å². The van der Waals surface area contributed by atoms with Crippen molar-refractivity contribution in [1.82, 2.24) is 5.16 Å². The van der Waals surface area contributed by atoms with Crippen LogP contribution in [0.1, 0.15) is 29.9 Å². The number of aliphatic hydroxyl groups excluding tert-OH is 1. The van der Waals surface area contributed by atoms with E-state index in [1.807, 2.05) is 6.92 Å². The van der Waals surface area contributed by atoms with Crippen molar-refractivity contribution in [2.75, 3.05) is 11.5 Å². The molecule has 33 heavy (non-hydrogen) atoms. The van der Waals surface area contributed by atoms with Crippen LogP contribution < -0.4 is 9.64 Å². The largest absolute Gasteiger partial charge is 0.507 e. The smallest absolute Gasteiger partial charge is 0.301 e. The lowest BCUT2D eigenvalue weighted by atomic mass is 9.95. The lowest BCUT2D eigenvalue weighted by Crippen LogP contribution is -2.29. The zero-order valence-corrected chi connectivity index (χ0v) is 17.7. The van der Waals surface area contributed by atoms with Crippen molar-refractivity contribution < 1.29 is 28.9 Å². The van der Waals surface area contributed by atoms with Crippen molar-refractivity contribution in [2.45, 2.75) is 19.9 Å². The van der Waals surface area contributed by atoms with Crippen molar-refractivity contribution in [3.05, 3.63) is 87.2 Å². The van der Waals surface area contributed by atoms with Gasteiger partial charge in [-0.3, -0.25) is 24.6 Å². The summed E-state index contributed by atoms with van der Waals surface area (Å²) in [6, 6.07) is 12.2. The van der Waals surface area contributed by atoms with E-state index in [4.69, 9.17) is 9.26 Å². The topological polar surface area (TPSA) is 136 Å². The third kappa shape index (κ3) is 3.93. The highest BCUT2D eigenvalue weighted by molar-refractivity contribution is 6.51. The molecule has 1 fully saturated rings. The van der Waals surface area contributed by atoms with Crippen molar-refractivity contribution >= 4 is 29.0 Å². The van der Waals surface area contributed by atoms with Crippen molar-refractivity contribution in [3.63, 3.8) is 0 Å². The minimum atomic E-state index is -1.15. The standard InChI is InChI=1S/C23H19N3O7/c1-3-32-17-9-7-14(8-10-17)21(27)19-20(15-5-4-6-16(12-15)26(30)31)25(23(29)22(19)28)18-11-13(2)33-24-18/h4-12,20,27H,3H2,1-2H3/t20-/m0/s1. The summed E-state index contributed by atoms with van der Waals surface area (Å²) in [6.07, 6.45) is 0. The normalized spacial score (nSPS) is 17.4. The van der Waals surface area contributed by atoms with Crippen LogP contribution in [0.5, 0.6) is 5.75 Å². The number of ketones is 1. The minimum absolute atomic E-state index is 0.0526. The number of amides is 1.